The van der Waals surface area contributed by atoms with Crippen molar-refractivity contribution < 1.29 is 28.0 Å². The molecule has 0 aromatic heterocycles. The van der Waals surface area contributed by atoms with Crippen LogP contribution < -0.4 is 0 Å². The minimum atomic E-state index is -4.17. The average Bonchev–Trinajstić information content (AvgIpc) is 2.29. The van der Waals surface area contributed by atoms with E-state index in [9.17, 15) is 9.46 Å². The second-order valence-corrected chi connectivity index (χ2v) is 4.68. The van der Waals surface area contributed by atoms with Gasteiger partial charge in [-0.3, -0.25) is 9.05 Å². The summed E-state index contributed by atoms with van der Waals surface area (Å²) in [5.41, 5.74) is 0. The SMILES string of the molecule is [B]C[C@H](COP(=O)(O)O[C@H](C[B])COC)OC. The van der Waals surface area contributed by atoms with Gasteiger partial charge in [0.1, 0.15) is 0 Å². The second-order valence-electron chi connectivity index (χ2n) is 3.28. The molecule has 9 heteroatoms. The molecule has 0 spiro atoms. The van der Waals surface area contributed by atoms with Crippen LogP contribution in [-0.2, 0) is 23.1 Å². The molecule has 0 saturated heterocycles. The Balaban J connectivity index is 4.13. The summed E-state index contributed by atoms with van der Waals surface area (Å²) in [6.07, 6.45) is -0.936. The van der Waals surface area contributed by atoms with Gasteiger partial charge >= 0.3 is 7.82 Å². The van der Waals surface area contributed by atoms with Crippen molar-refractivity contribution in [2.45, 2.75) is 24.8 Å². The summed E-state index contributed by atoms with van der Waals surface area (Å²) in [6, 6.07) is 0. The van der Waals surface area contributed by atoms with Gasteiger partial charge < -0.3 is 14.4 Å². The standard InChI is InChI=1S/C8H17B2O6P/c1-13-5-8(4-10)16-17(11,12)15-6-7(3-9)14-2/h7-8H,3-6H2,1-2H3,(H,11,12)/t7-,8-/m1/s1. The molecule has 0 rings (SSSR count). The minimum absolute atomic E-state index is 0.0480. The zero-order valence-electron chi connectivity index (χ0n) is 10.1. The van der Waals surface area contributed by atoms with Gasteiger partial charge in [-0.25, -0.2) is 4.57 Å². The van der Waals surface area contributed by atoms with Crippen LogP contribution in [0, 0.1) is 0 Å². The number of phosphoric ester groups is 1. The molecule has 0 aromatic carbocycles. The van der Waals surface area contributed by atoms with Crippen LogP contribution >= 0.6 is 7.82 Å². The van der Waals surface area contributed by atoms with E-state index < -0.39 is 20.0 Å². The van der Waals surface area contributed by atoms with E-state index in [1.807, 2.05) is 0 Å². The zero-order valence-corrected chi connectivity index (χ0v) is 11.0. The average molecular weight is 262 g/mol. The number of ether oxygens (including phenoxy) is 2. The Morgan fingerprint density at radius 3 is 2.18 bits per heavy atom. The van der Waals surface area contributed by atoms with Crippen molar-refractivity contribution in [3.05, 3.63) is 0 Å². The first-order chi connectivity index (χ1) is 7.99. The van der Waals surface area contributed by atoms with E-state index in [4.69, 9.17) is 34.2 Å². The summed E-state index contributed by atoms with van der Waals surface area (Å²) in [4.78, 5) is 9.39. The Bertz CT molecular complexity index is 238. The molecule has 0 aliphatic rings. The molecular formula is C8H17B2O6P. The van der Waals surface area contributed by atoms with Crippen molar-refractivity contribution in [2.24, 2.45) is 0 Å². The minimum Gasteiger partial charge on any atom is -0.382 e. The highest BCUT2D eigenvalue weighted by Gasteiger charge is 2.26. The summed E-state index contributed by atoms with van der Waals surface area (Å²) in [5, 5.41) is 0. The van der Waals surface area contributed by atoms with Crippen LogP contribution in [-0.4, -0.2) is 60.2 Å². The van der Waals surface area contributed by atoms with Gasteiger partial charge in [0.25, 0.3) is 0 Å². The first-order valence-corrected chi connectivity index (χ1v) is 6.56. The summed E-state index contributed by atoms with van der Waals surface area (Å²) in [7, 11) is 9.36. The van der Waals surface area contributed by atoms with Crippen molar-refractivity contribution in [3.63, 3.8) is 0 Å². The number of methoxy groups -OCH3 is 2. The first kappa shape index (κ1) is 17.2. The van der Waals surface area contributed by atoms with E-state index in [0.717, 1.165) is 0 Å². The van der Waals surface area contributed by atoms with E-state index in [0.29, 0.717) is 0 Å². The van der Waals surface area contributed by atoms with Gasteiger partial charge in [-0.2, -0.15) is 0 Å². The summed E-state index contributed by atoms with van der Waals surface area (Å²) >= 11 is 0. The lowest BCUT2D eigenvalue weighted by molar-refractivity contribution is 0.0275. The Morgan fingerprint density at radius 1 is 1.18 bits per heavy atom. The lowest BCUT2D eigenvalue weighted by Gasteiger charge is -2.21. The van der Waals surface area contributed by atoms with Crippen LogP contribution in [0.25, 0.3) is 0 Å². The van der Waals surface area contributed by atoms with Gasteiger partial charge in [0, 0.05) is 14.2 Å². The fourth-order valence-electron chi connectivity index (χ4n) is 0.956. The third-order valence-corrected chi connectivity index (χ3v) is 2.96. The van der Waals surface area contributed by atoms with Gasteiger partial charge in [-0.15, -0.1) is 0 Å². The Kier molecular flexibility index (Phi) is 9.22. The van der Waals surface area contributed by atoms with Gasteiger partial charge in [0.15, 0.2) is 0 Å². The Morgan fingerprint density at radius 2 is 1.76 bits per heavy atom. The van der Waals surface area contributed by atoms with E-state index in [2.05, 4.69) is 0 Å². The smallest absolute Gasteiger partial charge is 0.382 e. The summed E-state index contributed by atoms with van der Waals surface area (Å²) in [6.45, 7) is -0.0277. The molecule has 96 valence electrons. The van der Waals surface area contributed by atoms with Crippen LogP contribution in [0.1, 0.15) is 0 Å². The van der Waals surface area contributed by atoms with E-state index in [1.165, 1.54) is 14.2 Å². The maximum Gasteiger partial charge on any atom is 0.472 e. The van der Waals surface area contributed by atoms with Crippen LogP contribution in [0.15, 0.2) is 0 Å². The topological polar surface area (TPSA) is 74.2 Å². The van der Waals surface area contributed by atoms with Crippen molar-refractivity contribution >= 4 is 23.5 Å². The molecule has 0 heterocycles. The molecule has 0 fully saturated rings. The molecule has 6 nitrogen and oxygen atoms in total. The predicted molar refractivity (Wildman–Crippen MR) is 64.4 cm³/mol. The predicted octanol–water partition coefficient (Wildman–Crippen LogP) is 0.324. The normalized spacial score (nSPS) is 18.5. The fourth-order valence-corrected chi connectivity index (χ4v) is 1.90. The fraction of sp³-hybridized carbons (Fsp3) is 1.00. The highest BCUT2D eigenvalue weighted by molar-refractivity contribution is 7.47. The van der Waals surface area contributed by atoms with Crippen LogP contribution in [0.2, 0.25) is 12.6 Å². The van der Waals surface area contributed by atoms with Crippen molar-refractivity contribution in [1.82, 2.24) is 0 Å². The number of rotatable bonds is 10. The monoisotopic (exact) mass is 262 g/mol. The largest absolute Gasteiger partial charge is 0.472 e. The molecule has 0 bridgehead atoms. The molecule has 4 radical (unpaired) electrons. The maximum atomic E-state index is 11.5. The summed E-state index contributed by atoms with van der Waals surface area (Å²) in [5.74, 6) is 0. The van der Waals surface area contributed by atoms with Crippen molar-refractivity contribution in [3.8, 4) is 0 Å². The molecule has 1 unspecified atom stereocenters. The molecule has 17 heavy (non-hydrogen) atoms. The van der Waals surface area contributed by atoms with Crippen molar-refractivity contribution in [2.75, 3.05) is 27.4 Å². The summed E-state index contributed by atoms with van der Waals surface area (Å²) < 4.78 is 30.7. The lowest BCUT2D eigenvalue weighted by atomic mass is 10.0. The third kappa shape index (κ3) is 7.97. The second kappa shape index (κ2) is 9.14. The zero-order chi connectivity index (χ0) is 13.3. The number of phosphoric acid groups is 1. The van der Waals surface area contributed by atoms with E-state index >= 15 is 0 Å². The van der Waals surface area contributed by atoms with Crippen LogP contribution in [0.5, 0.6) is 0 Å². The van der Waals surface area contributed by atoms with Gasteiger partial charge in [0.05, 0.1) is 41.1 Å². The van der Waals surface area contributed by atoms with Gasteiger partial charge in [-0.05, 0) is 0 Å². The number of hydrogen-bond acceptors (Lipinski definition) is 5. The van der Waals surface area contributed by atoms with E-state index in [-0.39, 0.29) is 25.9 Å². The molecule has 3 atom stereocenters. The Hall–Kier alpha value is 0.160. The number of hydrogen-bond donors (Lipinski definition) is 1. The van der Waals surface area contributed by atoms with Gasteiger partial charge in [0.2, 0.25) is 0 Å². The molecular weight excluding hydrogens is 245 g/mol. The van der Waals surface area contributed by atoms with Crippen molar-refractivity contribution in [1.29, 1.82) is 0 Å². The van der Waals surface area contributed by atoms with Crippen LogP contribution in [0.4, 0.5) is 0 Å². The first-order valence-electron chi connectivity index (χ1n) is 5.06. The molecule has 0 aromatic rings. The highest BCUT2D eigenvalue weighted by atomic mass is 31.2. The Labute approximate surface area is 104 Å². The van der Waals surface area contributed by atoms with E-state index in [1.54, 1.807) is 0 Å². The van der Waals surface area contributed by atoms with Crippen LogP contribution in [0.3, 0.4) is 0 Å². The molecule has 1 N–H and O–H groups in total. The molecule has 0 saturated carbocycles. The third-order valence-electron chi connectivity index (χ3n) is 1.92. The maximum absolute atomic E-state index is 11.5. The van der Waals surface area contributed by atoms with Gasteiger partial charge in [-0.1, -0.05) is 12.6 Å². The quantitative estimate of drug-likeness (QED) is 0.451. The molecule has 0 amide bonds. The lowest BCUT2D eigenvalue weighted by Crippen LogP contribution is -2.21. The highest BCUT2D eigenvalue weighted by Crippen LogP contribution is 2.45. The molecule has 0 aliphatic carbocycles. The molecule has 0 aliphatic heterocycles.